The smallest absolute Gasteiger partial charge is 0.204 e. The quantitative estimate of drug-likeness (QED) is 0.381. The van der Waals surface area contributed by atoms with Crippen molar-refractivity contribution in [3.63, 3.8) is 0 Å². The van der Waals surface area contributed by atoms with Gasteiger partial charge >= 0.3 is 0 Å². The number of hydrogen-bond acceptors (Lipinski definition) is 6. The second kappa shape index (κ2) is 8.65. The molecule has 1 heterocycles. The van der Waals surface area contributed by atoms with Crippen LogP contribution in [0, 0.1) is 0 Å². The second-order valence-corrected chi connectivity index (χ2v) is 7.66. The van der Waals surface area contributed by atoms with Gasteiger partial charge in [0, 0.05) is 22.2 Å². The van der Waals surface area contributed by atoms with Gasteiger partial charge in [-0.05, 0) is 29.8 Å². The molecule has 156 valence electrons. The number of carbonyl (C=O) groups excluding carboxylic acids is 1. The van der Waals surface area contributed by atoms with Gasteiger partial charge in [-0.1, -0.05) is 40.2 Å². The van der Waals surface area contributed by atoms with Crippen molar-refractivity contribution in [1.29, 1.82) is 0 Å². The third kappa shape index (κ3) is 4.32. The number of carbonyl (C=O) groups is 1. The van der Waals surface area contributed by atoms with E-state index in [4.69, 9.17) is 13.9 Å². The number of ketones is 1. The number of hydrogen-bond donors (Lipinski definition) is 1. The standard InChI is InChI=1S/C24H17BrO6/c1-29-17-8-4-14(5-9-17)19-12-31-22-11-18(10-20(26)23(22)24(19)28)30-13-21(27)15-2-6-16(25)7-3-15/h2-12,26H,13H2,1H3. The molecule has 0 spiro atoms. The molecule has 0 aliphatic rings. The van der Waals surface area contributed by atoms with Crippen LogP contribution in [0.2, 0.25) is 0 Å². The molecule has 0 saturated carbocycles. The van der Waals surface area contributed by atoms with Gasteiger partial charge in [0.25, 0.3) is 0 Å². The molecule has 7 heteroatoms. The summed E-state index contributed by atoms with van der Waals surface area (Å²) in [6, 6.07) is 16.6. The Hall–Kier alpha value is -3.58. The summed E-state index contributed by atoms with van der Waals surface area (Å²) in [5, 5.41) is 10.5. The third-order valence-corrected chi connectivity index (χ3v) is 5.30. The van der Waals surface area contributed by atoms with Gasteiger partial charge in [0.1, 0.15) is 34.5 Å². The monoisotopic (exact) mass is 480 g/mol. The van der Waals surface area contributed by atoms with Crippen LogP contribution in [0.3, 0.4) is 0 Å². The number of halogens is 1. The van der Waals surface area contributed by atoms with Gasteiger partial charge in [-0.15, -0.1) is 0 Å². The average molecular weight is 481 g/mol. The first-order valence-electron chi connectivity index (χ1n) is 9.31. The third-order valence-electron chi connectivity index (χ3n) is 4.77. The summed E-state index contributed by atoms with van der Waals surface area (Å²) in [6.07, 6.45) is 1.34. The lowest BCUT2D eigenvalue weighted by Gasteiger charge is -2.09. The normalized spacial score (nSPS) is 10.8. The number of methoxy groups -OCH3 is 1. The van der Waals surface area contributed by atoms with Crippen molar-refractivity contribution in [2.75, 3.05) is 13.7 Å². The number of aromatic hydroxyl groups is 1. The largest absolute Gasteiger partial charge is 0.507 e. The Bertz CT molecular complexity index is 1310. The fraction of sp³-hybridized carbons (Fsp3) is 0.0833. The van der Waals surface area contributed by atoms with Gasteiger partial charge in [0.2, 0.25) is 5.43 Å². The molecular weight excluding hydrogens is 464 g/mol. The van der Waals surface area contributed by atoms with E-state index < -0.39 is 0 Å². The average Bonchev–Trinajstić information content (AvgIpc) is 2.78. The van der Waals surface area contributed by atoms with Crippen molar-refractivity contribution in [3.8, 4) is 28.4 Å². The molecular formula is C24H17BrO6. The van der Waals surface area contributed by atoms with Gasteiger partial charge in [0.15, 0.2) is 12.4 Å². The van der Waals surface area contributed by atoms with Crippen molar-refractivity contribution < 1.29 is 23.8 Å². The van der Waals surface area contributed by atoms with Crippen molar-refractivity contribution in [3.05, 3.63) is 87.2 Å². The zero-order chi connectivity index (χ0) is 22.0. The Morgan fingerprint density at radius 3 is 2.42 bits per heavy atom. The molecule has 0 radical (unpaired) electrons. The molecule has 0 bridgehead atoms. The molecule has 0 atom stereocenters. The molecule has 1 N–H and O–H groups in total. The summed E-state index contributed by atoms with van der Waals surface area (Å²) in [4.78, 5) is 25.2. The van der Waals surface area contributed by atoms with E-state index in [0.717, 1.165) is 4.47 Å². The van der Waals surface area contributed by atoms with Crippen LogP contribution in [0.4, 0.5) is 0 Å². The van der Waals surface area contributed by atoms with Crippen LogP contribution >= 0.6 is 15.9 Å². The highest BCUT2D eigenvalue weighted by molar-refractivity contribution is 9.10. The SMILES string of the molecule is COc1ccc(-c2coc3cc(OCC(=O)c4ccc(Br)cc4)cc(O)c3c2=O)cc1. The maximum atomic E-state index is 12.9. The highest BCUT2D eigenvalue weighted by atomic mass is 79.9. The Balaban J connectivity index is 1.60. The zero-order valence-corrected chi connectivity index (χ0v) is 18.0. The van der Waals surface area contributed by atoms with Crippen molar-refractivity contribution in [2.45, 2.75) is 0 Å². The molecule has 0 unspecified atom stereocenters. The van der Waals surface area contributed by atoms with Crippen molar-refractivity contribution in [1.82, 2.24) is 0 Å². The summed E-state index contributed by atoms with van der Waals surface area (Å²) in [5.74, 6) is 0.378. The van der Waals surface area contributed by atoms with Crippen LogP contribution in [-0.4, -0.2) is 24.6 Å². The van der Waals surface area contributed by atoms with E-state index in [2.05, 4.69) is 15.9 Å². The molecule has 31 heavy (non-hydrogen) atoms. The van der Waals surface area contributed by atoms with Gasteiger partial charge in [-0.2, -0.15) is 0 Å². The summed E-state index contributed by atoms with van der Waals surface area (Å²) in [6.45, 7) is -0.221. The van der Waals surface area contributed by atoms with Crippen molar-refractivity contribution in [2.24, 2.45) is 0 Å². The van der Waals surface area contributed by atoms with E-state index in [9.17, 15) is 14.7 Å². The molecule has 3 aromatic carbocycles. The predicted octanol–water partition coefficient (Wildman–Crippen LogP) is 5.20. The summed E-state index contributed by atoms with van der Waals surface area (Å²) < 4.78 is 17.1. The number of Topliss-reactive ketones (excluding diaryl/α,β-unsaturated/α-hetero) is 1. The Morgan fingerprint density at radius 1 is 1.03 bits per heavy atom. The summed E-state index contributed by atoms with van der Waals surface area (Å²) in [7, 11) is 1.56. The number of phenolic OH excluding ortho intramolecular Hbond substituents is 1. The predicted molar refractivity (Wildman–Crippen MR) is 120 cm³/mol. The molecule has 0 aliphatic carbocycles. The topological polar surface area (TPSA) is 86.0 Å². The fourth-order valence-corrected chi connectivity index (χ4v) is 3.39. The number of benzene rings is 3. The minimum absolute atomic E-state index is 0.0416. The lowest BCUT2D eigenvalue weighted by Crippen LogP contribution is -2.11. The van der Waals surface area contributed by atoms with Gasteiger partial charge in [0.05, 0.1) is 12.7 Å². The fourth-order valence-electron chi connectivity index (χ4n) is 3.13. The van der Waals surface area contributed by atoms with Gasteiger partial charge in [-0.25, -0.2) is 0 Å². The Labute approximate surface area is 185 Å². The van der Waals surface area contributed by atoms with Crippen LogP contribution in [0.25, 0.3) is 22.1 Å². The zero-order valence-electron chi connectivity index (χ0n) is 16.4. The van der Waals surface area contributed by atoms with E-state index in [0.29, 0.717) is 22.4 Å². The Morgan fingerprint density at radius 2 is 1.74 bits per heavy atom. The van der Waals surface area contributed by atoms with Crippen LogP contribution < -0.4 is 14.9 Å². The van der Waals surface area contributed by atoms with Crippen LogP contribution in [0.1, 0.15) is 10.4 Å². The summed E-state index contributed by atoms with van der Waals surface area (Å²) in [5.41, 5.74) is 1.24. The van der Waals surface area contributed by atoms with E-state index in [-0.39, 0.29) is 40.3 Å². The van der Waals surface area contributed by atoms with Crippen LogP contribution in [0.15, 0.2) is 80.6 Å². The van der Waals surface area contributed by atoms with E-state index in [1.807, 2.05) is 0 Å². The first-order valence-corrected chi connectivity index (χ1v) is 10.1. The minimum atomic E-state index is -0.374. The molecule has 0 saturated heterocycles. The highest BCUT2D eigenvalue weighted by Crippen LogP contribution is 2.31. The molecule has 6 nitrogen and oxygen atoms in total. The van der Waals surface area contributed by atoms with E-state index in [1.54, 1.807) is 55.6 Å². The van der Waals surface area contributed by atoms with Crippen LogP contribution in [-0.2, 0) is 0 Å². The minimum Gasteiger partial charge on any atom is -0.507 e. The number of phenols is 1. The lowest BCUT2D eigenvalue weighted by molar-refractivity contribution is 0.0921. The van der Waals surface area contributed by atoms with E-state index in [1.165, 1.54) is 18.4 Å². The first kappa shape index (κ1) is 20.7. The first-order chi connectivity index (χ1) is 15.0. The lowest BCUT2D eigenvalue weighted by atomic mass is 10.0. The molecule has 4 aromatic rings. The molecule has 0 fully saturated rings. The number of rotatable bonds is 6. The number of fused-ring (bicyclic) bond motifs is 1. The highest BCUT2D eigenvalue weighted by Gasteiger charge is 2.15. The van der Waals surface area contributed by atoms with Gasteiger partial charge < -0.3 is 19.0 Å². The number of ether oxygens (including phenoxy) is 2. The van der Waals surface area contributed by atoms with Crippen molar-refractivity contribution >= 4 is 32.7 Å². The maximum absolute atomic E-state index is 12.9. The molecule has 0 aliphatic heterocycles. The summed E-state index contributed by atoms with van der Waals surface area (Å²) >= 11 is 3.32. The second-order valence-electron chi connectivity index (χ2n) is 6.74. The molecule has 0 amide bonds. The Kier molecular flexibility index (Phi) is 5.77. The van der Waals surface area contributed by atoms with Gasteiger partial charge in [-0.3, -0.25) is 9.59 Å². The van der Waals surface area contributed by atoms with Crippen LogP contribution in [0.5, 0.6) is 17.2 Å². The van der Waals surface area contributed by atoms with E-state index >= 15 is 0 Å². The maximum Gasteiger partial charge on any atom is 0.204 e. The molecule has 1 aromatic heterocycles. The molecule has 4 rings (SSSR count).